The molecule has 1 aliphatic rings. The first-order chi connectivity index (χ1) is 14.2. The summed E-state index contributed by atoms with van der Waals surface area (Å²) >= 11 is 0. The molecule has 146 valence electrons. The third-order valence-electron chi connectivity index (χ3n) is 5.26. The third kappa shape index (κ3) is 3.12. The average molecular weight is 388 g/mol. The zero-order valence-corrected chi connectivity index (χ0v) is 16.0. The summed E-state index contributed by atoms with van der Waals surface area (Å²) in [5.74, 6) is 2.11. The number of carbonyl (C=O) groups excluding carboxylic acids is 1. The number of nitrogens with zero attached hydrogens (tertiary/aromatic N) is 6. The second-order valence-corrected chi connectivity index (χ2v) is 7.06. The molecule has 0 aliphatic carbocycles. The van der Waals surface area contributed by atoms with Crippen molar-refractivity contribution in [1.29, 1.82) is 0 Å². The first-order valence-electron chi connectivity index (χ1n) is 9.57. The van der Waals surface area contributed by atoms with Gasteiger partial charge in [0.1, 0.15) is 5.82 Å². The Bertz CT molecular complexity index is 1160. The van der Waals surface area contributed by atoms with E-state index in [0.29, 0.717) is 43.4 Å². The number of benzene rings is 1. The largest absolute Gasteiger partial charge is 0.461 e. The number of hydrogen-bond donors (Lipinski definition) is 0. The molecule has 3 aromatic heterocycles. The third-order valence-corrected chi connectivity index (χ3v) is 5.26. The highest BCUT2D eigenvalue weighted by Crippen LogP contribution is 2.21. The maximum Gasteiger partial charge on any atom is 0.254 e. The van der Waals surface area contributed by atoms with Gasteiger partial charge in [0.25, 0.3) is 5.91 Å². The van der Waals surface area contributed by atoms with Crippen molar-refractivity contribution in [3.05, 3.63) is 65.9 Å². The lowest BCUT2D eigenvalue weighted by atomic mass is 10.1. The number of piperazine rings is 1. The van der Waals surface area contributed by atoms with Crippen molar-refractivity contribution in [2.45, 2.75) is 6.92 Å². The molecule has 0 radical (unpaired) electrons. The van der Waals surface area contributed by atoms with Crippen molar-refractivity contribution in [2.75, 3.05) is 31.1 Å². The quantitative estimate of drug-likeness (QED) is 0.537. The molecule has 4 heterocycles. The maximum absolute atomic E-state index is 12.8. The van der Waals surface area contributed by atoms with Gasteiger partial charge in [0, 0.05) is 31.7 Å². The van der Waals surface area contributed by atoms with E-state index in [0.717, 1.165) is 16.9 Å². The van der Waals surface area contributed by atoms with E-state index in [9.17, 15) is 4.79 Å². The molecule has 8 heteroatoms. The van der Waals surface area contributed by atoms with Crippen LogP contribution in [-0.4, -0.2) is 56.8 Å². The minimum atomic E-state index is 0.0880. The molecule has 1 fully saturated rings. The van der Waals surface area contributed by atoms with Gasteiger partial charge in [0.05, 0.1) is 6.26 Å². The maximum atomic E-state index is 12.8. The Morgan fingerprint density at radius 2 is 1.79 bits per heavy atom. The molecule has 1 amide bonds. The van der Waals surface area contributed by atoms with Gasteiger partial charge in [0.2, 0.25) is 5.82 Å². The van der Waals surface area contributed by atoms with E-state index < -0.39 is 0 Å². The van der Waals surface area contributed by atoms with Gasteiger partial charge in [0.15, 0.2) is 11.4 Å². The van der Waals surface area contributed by atoms with Crippen molar-refractivity contribution < 1.29 is 9.21 Å². The predicted octanol–water partition coefficient (Wildman–Crippen LogP) is 2.66. The molecule has 0 bridgehead atoms. The standard InChI is InChI=1S/C21H20N6O2/c1-15-5-2-3-6-16(15)21(28)26-12-10-25(11-13-26)19-9-8-18-22-23-20(27(18)24-19)17-7-4-14-29-17/h2-9,14H,10-13H2,1H3. The number of furan rings is 1. The molecule has 0 spiro atoms. The van der Waals surface area contributed by atoms with E-state index in [4.69, 9.17) is 9.52 Å². The van der Waals surface area contributed by atoms with Gasteiger partial charge in [-0.1, -0.05) is 18.2 Å². The molecule has 0 unspecified atom stereocenters. The van der Waals surface area contributed by atoms with Crippen LogP contribution in [0.15, 0.2) is 59.2 Å². The van der Waals surface area contributed by atoms with Gasteiger partial charge in [-0.3, -0.25) is 4.79 Å². The van der Waals surface area contributed by atoms with Crippen LogP contribution in [0.1, 0.15) is 15.9 Å². The highest BCUT2D eigenvalue weighted by atomic mass is 16.3. The Kier molecular flexibility index (Phi) is 4.23. The average Bonchev–Trinajstić information content (AvgIpc) is 3.43. The number of aryl methyl sites for hydroxylation is 1. The van der Waals surface area contributed by atoms with Crippen LogP contribution < -0.4 is 4.90 Å². The fourth-order valence-electron chi connectivity index (χ4n) is 3.63. The van der Waals surface area contributed by atoms with Crippen molar-refractivity contribution >= 4 is 17.4 Å². The summed E-state index contributed by atoms with van der Waals surface area (Å²) in [6.45, 7) is 4.71. The number of rotatable bonds is 3. The lowest BCUT2D eigenvalue weighted by Crippen LogP contribution is -2.49. The zero-order valence-electron chi connectivity index (χ0n) is 16.0. The van der Waals surface area contributed by atoms with Gasteiger partial charge in [-0.25, -0.2) is 0 Å². The topological polar surface area (TPSA) is 79.8 Å². The number of fused-ring (bicyclic) bond motifs is 1. The van der Waals surface area contributed by atoms with E-state index in [2.05, 4.69) is 15.1 Å². The lowest BCUT2D eigenvalue weighted by Gasteiger charge is -2.35. The fraction of sp³-hybridized carbons (Fsp3) is 0.238. The molecular weight excluding hydrogens is 368 g/mol. The Morgan fingerprint density at radius 1 is 0.966 bits per heavy atom. The summed E-state index contributed by atoms with van der Waals surface area (Å²) in [5.41, 5.74) is 2.44. The Hall–Kier alpha value is -3.68. The van der Waals surface area contributed by atoms with Crippen LogP contribution in [0.5, 0.6) is 0 Å². The van der Waals surface area contributed by atoms with E-state index in [-0.39, 0.29) is 5.91 Å². The van der Waals surface area contributed by atoms with Crippen molar-refractivity contribution in [2.24, 2.45) is 0 Å². The molecular formula is C21H20N6O2. The molecule has 0 N–H and O–H groups in total. The number of amides is 1. The summed E-state index contributed by atoms with van der Waals surface area (Å²) in [6.07, 6.45) is 1.60. The lowest BCUT2D eigenvalue weighted by molar-refractivity contribution is 0.0745. The van der Waals surface area contributed by atoms with Gasteiger partial charge in [-0.15, -0.1) is 15.3 Å². The Morgan fingerprint density at radius 3 is 2.55 bits per heavy atom. The minimum Gasteiger partial charge on any atom is -0.461 e. The smallest absolute Gasteiger partial charge is 0.254 e. The van der Waals surface area contributed by atoms with E-state index >= 15 is 0 Å². The monoisotopic (exact) mass is 388 g/mol. The highest BCUT2D eigenvalue weighted by molar-refractivity contribution is 5.95. The van der Waals surface area contributed by atoms with Crippen LogP contribution in [-0.2, 0) is 0 Å². The molecule has 4 aromatic rings. The normalized spacial score (nSPS) is 14.5. The van der Waals surface area contributed by atoms with E-state index in [1.54, 1.807) is 10.8 Å². The van der Waals surface area contributed by atoms with Crippen molar-refractivity contribution in [3.8, 4) is 11.6 Å². The molecule has 1 aliphatic heterocycles. The summed E-state index contributed by atoms with van der Waals surface area (Å²) in [6, 6.07) is 15.2. The predicted molar refractivity (Wildman–Crippen MR) is 108 cm³/mol. The van der Waals surface area contributed by atoms with Gasteiger partial charge < -0.3 is 14.2 Å². The van der Waals surface area contributed by atoms with Crippen LogP contribution in [0, 0.1) is 6.92 Å². The van der Waals surface area contributed by atoms with Crippen LogP contribution >= 0.6 is 0 Å². The fourth-order valence-corrected chi connectivity index (χ4v) is 3.63. The second-order valence-electron chi connectivity index (χ2n) is 7.06. The van der Waals surface area contributed by atoms with Crippen molar-refractivity contribution in [1.82, 2.24) is 24.7 Å². The van der Waals surface area contributed by atoms with Gasteiger partial charge in [-0.05, 0) is 42.8 Å². The summed E-state index contributed by atoms with van der Waals surface area (Å²) in [7, 11) is 0. The molecule has 5 rings (SSSR count). The van der Waals surface area contributed by atoms with Gasteiger partial charge >= 0.3 is 0 Å². The molecule has 0 saturated carbocycles. The van der Waals surface area contributed by atoms with Gasteiger partial charge in [-0.2, -0.15) is 4.52 Å². The molecule has 29 heavy (non-hydrogen) atoms. The Balaban J connectivity index is 1.34. The number of carbonyl (C=O) groups is 1. The zero-order chi connectivity index (χ0) is 19.8. The van der Waals surface area contributed by atoms with Crippen LogP contribution in [0.3, 0.4) is 0 Å². The highest BCUT2D eigenvalue weighted by Gasteiger charge is 2.24. The molecule has 8 nitrogen and oxygen atoms in total. The first kappa shape index (κ1) is 17.4. The first-order valence-corrected chi connectivity index (χ1v) is 9.57. The van der Waals surface area contributed by atoms with Crippen LogP contribution in [0.25, 0.3) is 17.2 Å². The summed E-state index contributed by atoms with van der Waals surface area (Å²) < 4.78 is 7.14. The van der Waals surface area contributed by atoms with Crippen LogP contribution in [0.2, 0.25) is 0 Å². The van der Waals surface area contributed by atoms with Crippen molar-refractivity contribution in [3.63, 3.8) is 0 Å². The van der Waals surface area contributed by atoms with E-state index in [1.807, 2.05) is 60.4 Å². The number of hydrogen-bond acceptors (Lipinski definition) is 6. The molecule has 0 atom stereocenters. The Labute approximate surface area is 167 Å². The summed E-state index contributed by atoms with van der Waals surface area (Å²) in [5, 5.41) is 13.1. The molecule has 1 saturated heterocycles. The van der Waals surface area contributed by atoms with Crippen LogP contribution in [0.4, 0.5) is 5.82 Å². The SMILES string of the molecule is Cc1ccccc1C(=O)N1CCN(c2ccc3nnc(-c4ccco4)n3n2)CC1. The number of aromatic nitrogens is 4. The molecule has 1 aromatic carbocycles. The summed E-state index contributed by atoms with van der Waals surface area (Å²) in [4.78, 5) is 16.9. The van der Waals surface area contributed by atoms with E-state index in [1.165, 1.54) is 0 Å². The number of anilines is 1. The second kappa shape index (κ2) is 7.05. The minimum absolute atomic E-state index is 0.0880.